The van der Waals surface area contributed by atoms with Gasteiger partial charge < -0.3 is 15.5 Å². The van der Waals surface area contributed by atoms with Gasteiger partial charge in [-0.25, -0.2) is 4.99 Å². The van der Waals surface area contributed by atoms with E-state index in [1.165, 1.54) is 76.0 Å². The Morgan fingerprint density at radius 2 is 1.62 bits per heavy atom. The van der Waals surface area contributed by atoms with Crippen LogP contribution in [0.15, 0.2) is 29.3 Å². The number of nitrogens with one attached hydrogen (secondary N) is 2. The Labute approximate surface area is 194 Å². The van der Waals surface area contributed by atoms with E-state index in [1.807, 2.05) is 0 Å². The summed E-state index contributed by atoms with van der Waals surface area (Å²) in [6, 6.07) is 9.55. The molecule has 0 radical (unpaired) electrons. The Hall–Kier alpha value is -0.860. The van der Waals surface area contributed by atoms with Gasteiger partial charge in [-0.15, -0.1) is 24.0 Å². The van der Waals surface area contributed by atoms with Gasteiger partial charge in [0.1, 0.15) is 0 Å². The second kappa shape index (κ2) is 13.4. The fourth-order valence-corrected chi connectivity index (χ4v) is 4.25. The smallest absolute Gasteiger partial charge is 0.191 e. The number of rotatable bonds is 8. The van der Waals surface area contributed by atoms with Crippen LogP contribution in [-0.2, 0) is 13.1 Å². The molecule has 0 bridgehead atoms. The molecule has 2 saturated heterocycles. The normalized spacial score (nSPS) is 19.2. The predicted molar refractivity (Wildman–Crippen MR) is 134 cm³/mol. The SMILES string of the molecule is CCCN1CCC(NC(=NCc2ccc(CN3CCCC3)cc2)NCC)CC1.I. The number of hydrogen-bond acceptors (Lipinski definition) is 3. The molecule has 29 heavy (non-hydrogen) atoms. The first kappa shape index (κ1) is 24.4. The largest absolute Gasteiger partial charge is 0.357 e. The summed E-state index contributed by atoms with van der Waals surface area (Å²) in [7, 11) is 0. The highest BCUT2D eigenvalue weighted by Crippen LogP contribution is 2.14. The molecule has 1 aromatic rings. The molecule has 2 fully saturated rings. The van der Waals surface area contributed by atoms with Crippen LogP contribution in [0.3, 0.4) is 0 Å². The van der Waals surface area contributed by atoms with Crippen LogP contribution in [0.1, 0.15) is 57.1 Å². The summed E-state index contributed by atoms with van der Waals surface area (Å²) in [5, 5.41) is 7.07. The summed E-state index contributed by atoms with van der Waals surface area (Å²) in [5.41, 5.74) is 2.69. The lowest BCUT2D eigenvalue weighted by Crippen LogP contribution is -2.48. The fraction of sp³-hybridized carbons (Fsp3) is 0.696. The Balaban J connectivity index is 0.00000300. The third-order valence-electron chi connectivity index (χ3n) is 5.86. The van der Waals surface area contributed by atoms with Crippen LogP contribution in [0, 0.1) is 0 Å². The van der Waals surface area contributed by atoms with Crippen LogP contribution in [0.2, 0.25) is 0 Å². The molecule has 5 nitrogen and oxygen atoms in total. The average Bonchev–Trinajstić information content (AvgIpc) is 3.22. The molecule has 0 atom stereocenters. The topological polar surface area (TPSA) is 42.9 Å². The lowest BCUT2D eigenvalue weighted by atomic mass is 10.1. The Bertz CT molecular complexity index is 590. The summed E-state index contributed by atoms with van der Waals surface area (Å²) in [5.74, 6) is 0.956. The van der Waals surface area contributed by atoms with E-state index in [0.717, 1.165) is 25.6 Å². The zero-order valence-electron chi connectivity index (χ0n) is 18.3. The zero-order chi connectivity index (χ0) is 19.6. The van der Waals surface area contributed by atoms with E-state index in [4.69, 9.17) is 4.99 Å². The first-order chi connectivity index (χ1) is 13.8. The lowest BCUT2D eigenvalue weighted by Gasteiger charge is -2.32. The molecule has 0 amide bonds. The van der Waals surface area contributed by atoms with Crippen molar-refractivity contribution in [3.8, 4) is 0 Å². The molecule has 164 valence electrons. The maximum atomic E-state index is 4.84. The van der Waals surface area contributed by atoms with Gasteiger partial charge >= 0.3 is 0 Å². The minimum atomic E-state index is 0. The van der Waals surface area contributed by atoms with Gasteiger partial charge in [0, 0.05) is 32.2 Å². The van der Waals surface area contributed by atoms with E-state index in [1.54, 1.807) is 0 Å². The molecule has 2 aliphatic rings. The van der Waals surface area contributed by atoms with E-state index in [-0.39, 0.29) is 24.0 Å². The molecular weight excluding hydrogens is 473 g/mol. The van der Waals surface area contributed by atoms with Crippen molar-refractivity contribution in [1.29, 1.82) is 0 Å². The third-order valence-corrected chi connectivity index (χ3v) is 5.86. The molecule has 0 spiro atoms. The number of guanidine groups is 1. The van der Waals surface area contributed by atoms with Crippen LogP contribution in [-0.4, -0.2) is 61.1 Å². The third kappa shape index (κ3) is 8.42. The van der Waals surface area contributed by atoms with Crippen LogP contribution >= 0.6 is 24.0 Å². The molecule has 2 heterocycles. The second-order valence-electron chi connectivity index (χ2n) is 8.26. The van der Waals surface area contributed by atoms with Gasteiger partial charge in [-0.05, 0) is 69.8 Å². The second-order valence-corrected chi connectivity index (χ2v) is 8.26. The Morgan fingerprint density at radius 3 is 2.24 bits per heavy atom. The molecule has 2 aliphatic heterocycles. The average molecular weight is 514 g/mol. The van der Waals surface area contributed by atoms with E-state index >= 15 is 0 Å². The predicted octanol–water partition coefficient (Wildman–Crippen LogP) is 3.83. The first-order valence-electron chi connectivity index (χ1n) is 11.3. The molecule has 6 heteroatoms. The van der Waals surface area contributed by atoms with Gasteiger partial charge in [-0.2, -0.15) is 0 Å². The van der Waals surface area contributed by atoms with E-state index in [2.05, 4.69) is 58.5 Å². The summed E-state index contributed by atoms with van der Waals surface area (Å²) < 4.78 is 0. The van der Waals surface area contributed by atoms with Crippen molar-refractivity contribution >= 4 is 29.9 Å². The summed E-state index contributed by atoms with van der Waals surface area (Å²) in [4.78, 5) is 9.96. The van der Waals surface area contributed by atoms with Gasteiger partial charge in [0.15, 0.2) is 5.96 Å². The van der Waals surface area contributed by atoms with Crippen molar-refractivity contribution in [3.63, 3.8) is 0 Å². The first-order valence-corrected chi connectivity index (χ1v) is 11.3. The van der Waals surface area contributed by atoms with Crippen molar-refractivity contribution < 1.29 is 0 Å². The maximum Gasteiger partial charge on any atom is 0.191 e. The minimum absolute atomic E-state index is 0. The summed E-state index contributed by atoms with van der Waals surface area (Å²) in [6.45, 7) is 13.2. The number of hydrogen-bond donors (Lipinski definition) is 2. The molecular formula is C23H40IN5. The molecule has 1 aromatic carbocycles. The van der Waals surface area contributed by atoms with Crippen LogP contribution in [0.25, 0.3) is 0 Å². The molecule has 0 aliphatic carbocycles. The van der Waals surface area contributed by atoms with Crippen LogP contribution in [0.5, 0.6) is 0 Å². The number of halogens is 1. The Morgan fingerprint density at radius 1 is 0.966 bits per heavy atom. The molecule has 0 unspecified atom stereocenters. The summed E-state index contributed by atoms with van der Waals surface area (Å²) in [6.07, 6.45) is 6.36. The minimum Gasteiger partial charge on any atom is -0.357 e. The highest BCUT2D eigenvalue weighted by atomic mass is 127. The van der Waals surface area contributed by atoms with Crippen molar-refractivity contribution in [2.75, 3.05) is 39.3 Å². The van der Waals surface area contributed by atoms with E-state index in [9.17, 15) is 0 Å². The number of benzene rings is 1. The number of aliphatic imine (C=N–C) groups is 1. The van der Waals surface area contributed by atoms with Gasteiger partial charge in [0.25, 0.3) is 0 Å². The Kier molecular flexibility index (Phi) is 11.3. The molecule has 0 saturated carbocycles. The van der Waals surface area contributed by atoms with Gasteiger partial charge in [0.05, 0.1) is 6.54 Å². The molecule has 2 N–H and O–H groups in total. The van der Waals surface area contributed by atoms with Crippen molar-refractivity contribution in [2.45, 2.75) is 65.1 Å². The standard InChI is InChI=1S/C23H39N5.HI/c1-3-13-27-16-11-22(12-17-27)26-23(24-4-2)25-18-20-7-9-21(10-8-20)19-28-14-5-6-15-28;/h7-10,22H,3-6,11-19H2,1-2H3,(H2,24,25,26);1H. The van der Waals surface area contributed by atoms with Gasteiger partial charge in [0.2, 0.25) is 0 Å². The molecule has 3 rings (SSSR count). The summed E-state index contributed by atoms with van der Waals surface area (Å²) >= 11 is 0. The zero-order valence-corrected chi connectivity index (χ0v) is 20.7. The van der Waals surface area contributed by atoms with Gasteiger partial charge in [-0.1, -0.05) is 31.2 Å². The maximum absolute atomic E-state index is 4.84. The number of piperidine rings is 1. The quantitative estimate of drug-likeness (QED) is 0.315. The van der Waals surface area contributed by atoms with Crippen LogP contribution in [0.4, 0.5) is 0 Å². The molecule has 0 aromatic heterocycles. The van der Waals surface area contributed by atoms with E-state index in [0.29, 0.717) is 6.04 Å². The van der Waals surface area contributed by atoms with Crippen molar-refractivity contribution in [1.82, 2.24) is 20.4 Å². The van der Waals surface area contributed by atoms with Crippen molar-refractivity contribution in [2.24, 2.45) is 4.99 Å². The van der Waals surface area contributed by atoms with Gasteiger partial charge in [-0.3, -0.25) is 4.90 Å². The fourth-order valence-electron chi connectivity index (χ4n) is 4.25. The number of likely N-dealkylation sites (tertiary alicyclic amines) is 2. The monoisotopic (exact) mass is 513 g/mol. The van der Waals surface area contributed by atoms with Crippen molar-refractivity contribution in [3.05, 3.63) is 35.4 Å². The van der Waals surface area contributed by atoms with Crippen LogP contribution < -0.4 is 10.6 Å². The number of nitrogens with zero attached hydrogens (tertiary/aromatic N) is 3. The lowest BCUT2D eigenvalue weighted by molar-refractivity contribution is 0.206. The van der Waals surface area contributed by atoms with E-state index < -0.39 is 0 Å². The highest BCUT2D eigenvalue weighted by molar-refractivity contribution is 14.0. The highest BCUT2D eigenvalue weighted by Gasteiger charge is 2.19.